The van der Waals surface area contributed by atoms with Gasteiger partial charge in [-0.3, -0.25) is 0 Å². The van der Waals surface area contributed by atoms with Crippen LogP contribution >= 0.6 is 0 Å². The number of anilines is 3. The van der Waals surface area contributed by atoms with Crippen LogP contribution in [0.25, 0.3) is 98.8 Å². The predicted octanol–water partition coefficient (Wildman–Crippen LogP) is 16.3. The smallest absolute Gasteiger partial charge is 0.143 e. The third-order valence-corrected chi connectivity index (χ3v) is 11.8. The molecule has 2 aromatic heterocycles. The van der Waals surface area contributed by atoms with Gasteiger partial charge < -0.3 is 13.7 Å². The molecule has 12 aromatic rings. The minimum atomic E-state index is 0.880. The number of hydrogen-bond acceptors (Lipinski definition) is 3. The molecule has 276 valence electrons. The standard InChI is InChI=1S/C56H35NO2/c1-2-15-39-35-54-50(34-38(39)14-1)48-25-11-24-47(56(48)59-54)46-20-5-7-26-51(46)57(42-18-9-17-40(33-42)44-22-10-16-36-13-3-4-19-43(36)44)41-31-29-37(30-32-41)45-23-12-28-53-55(45)49-21-6-8-27-52(49)58-53/h1-35H. The molecule has 0 aliphatic carbocycles. The van der Waals surface area contributed by atoms with Crippen molar-refractivity contribution in [3.63, 3.8) is 0 Å². The summed E-state index contributed by atoms with van der Waals surface area (Å²) < 4.78 is 13.1. The Morgan fingerprint density at radius 2 is 0.932 bits per heavy atom. The number of nitrogens with zero attached hydrogens (tertiary/aromatic N) is 1. The van der Waals surface area contributed by atoms with E-state index >= 15 is 0 Å². The van der Waals surface area contributed by atoms with Crippen molar-refractivity contribution in [3.8, 4) is 33.4 Å². The summed E-state index contributed by atoms with van der Waals surface area (Å²) in [5.41, 5.74) is 13.5. The van der Waals surface area contributed by atoms with Gasteiger partial charge in [0.05, 0.1) is 5.69 Å². The zero-order valence-corrected chi connectivity index (χ0v) is 32.0. The molecule has 12 rings (SSSR count). The van der Waals surface area contributed by atoms with Gasteiger partial charge in [0.2, 0.25) is 0 Å². The number of furan rings is 2. The van der Waals surface area contributed by atoms with Crippen molar-refractivity contribution < 1.29 is 8.83 Å². The normalized spacial score (nSPS) is 11.7. The highest BCUT2D eigenvalue weighted by Gasteiger charge is 2.22. The second kappa shape index (κ2) is 13.4. The van der Waals surface area contributed by atoms with E-state index in [2.05, 4.69) is 205 Å². The molecule has 0 unspecified atom stereocenters. The molecule has 0 spiro atoms. The second-order valence-corrected chi connectivity index (χ2v) is 15.2. The molecule has 0 amide bonds. The Labute approximate surface area is 340 Å². The van der Waals surface area contributed by atoms with Crippen LogP contribution in [-0.4, -0.2) is 0 Å². The lowest BCUT2D eigenvalue weighted by molar-refractivity contribution is 0.669. The minimum Gasteiger partial charge on any atom is -0.456 e. The van der Waals surface area contributed by atoms with Crippen LogP contribution in [0.2, 0.25) is 0 Å². The van der Waals surface area contributed by atoms with Gasteiger partial charge in [0.15, 0.2) is 0 Å². The molecule has 3 heteroatoms. The van der Waals surface area contributed by atoms with Gasteiger partial charge in [-0.05, 0) is 98.4 Å². The molecule has 0 aliphatic heterocycles. The summed E-state index contributed by atoms with van der Waals surface area (Å²) in [6.45, 7) is 0. The van der Waals surface area contributed by atoms with E-state index in [4.69, 9.17) is 8.83 Å². The molecular formula is C56H35NO2. The van der Waals surface area contributed by atoms with E-state index in [-0.39, 0.29) is 0 Å². The Morgan fingerprint density at radius 1 is 0.305 bits per heavy atom. The fraction of sp³-hybridized carbons (Fsp3) is 0. The van der Waals surface area contributed by atoms with E-state index in [0.29, 0.717) is 0 Å². The Hall–Kier alpha value is -7.88. The largest absolute Gasteiger partial charge is 0.456 e. The summed E-state index contributed by atoms with van der Waals surface area (Å²) in [6.07, 6.45) is 0. The predicted molar refractivity (Wildman–Crippen MR) is 247 cm³/mol. The third-order valence-electron chi connectivity index (χ3n) is 11.8. The number of hydrogen-bond donors (Lipinski definition) is 0. The van der Waals surface area contributed by atoms with E-state index in [1.54, 1.807) is 0 Å². The van der Waals surface area contributed by atoms with Gasteiger partial charge in [-0.25, -0.2) is 0 Å². The van der Waals surface area contributed by atoms with E-state index in [1.165, 1.54) is 27.1 Å². The highest BCUT2D eigenvalue weighted by Crippen LogP contribution is 2.46. The first kappa shape index (κ1) is 33.3. The topological polar surface area (TPSA) is 29.5 Å². The molecule has 0 saturated carbocycles. The minimum absolute atomic E-state index is 0.880. The number of rotatable bonds is 6. The molecule has 10 aromatic carbocycles. The van der Waals surface area contributed by atoms with Crippen molar-refractivity contribution in [1.29, 1.82) is 0 Å². The zero-order valence-electron chi connectivity index (χ0n) is 32.0. The van der Waals surface area contributed by atoms with Crippen LogP contribution in [-0.2, 0) is 0 Å². The van der Waals surface area contributed by atoms with Gasteiger partial charge >= 0.3 is 0 Å². The lowest BCUT2D eigenvalue weighted by Gasteiger charge is -2.28. The van der Waals surface area contributed by atoms with Crippen LogP contribution in [0.4, 0.5) is 17.1 Å². The molecule has 0 bridgehead atoms. The molecule has 0 aliphatic rings. The lowest BCUT2D eigenvalue weighted by atomic mass is 9.96. The van der Waals surface area contributed by atoms with E-state index in [0.717, 1.165) is 88.8 Å². The van der Waals surface area contributed by atoms with Crippen molar-refractivity contribution in [1.82, 2.24) is 0 Å². The average molecular weight is 754 g/mol. The maximum Gasteiger partial charge on any atom is 0.143 e. The van der Waals surface area contributed by atoms with Gasteiger partial charge in [0, 0.05) is 44.0 Å². The van der Waals surface area contributed by atoms with Crippen molar-refractivity contribution >= 4 is 82.5 Å². The first-order chi connectivity index (χ1) is 29.2. The van der Waals surface area contributed by atoms with Crippen LogP contribution in [0, 0.1) is 0 Å². The Kier molecular flexibility index (Phi) is 7.54. The Balaban J connectivity index is 1.06. The molecule has 0 radical (unpaired) electrons. The maximum absolute atomic E-state index is 6.81. The molecule has 2 heterocycles. The average Bonchev–Trinajstić information content (AvgIpc) is 3.87. The van der Waals surface area contributed by atoms with E-state index in [9.17, 15) is 0 Å². The van der Waals surface area contributed by atoms with Gasteiger partial charge in [-0.2, -0.15) is 0 Å². The fourth-order valence-electron chi connectivity index (χ4n) is 9.11. The third kappa shape index (κ3) is 5.44. The first-order valence-corrected chi connectivity index (χ1v) is 20.1. The summed E-state index contributed by atoms with van der Waals surface area (Å²) in [7, 11) is 0. The highest BCUT2D eigenvalue weighted by molar-refractivity contribution is 6.15. The van der Waals surface area contributed by atoms with Gasteiger partial charge in [-0.1, -0.05) is 158 Å². The van der Waals surface area contributed by atoms with Gasteiger partial charge in [-0.15, -0.1) is 0 Å². The molecule has 3 nitrogen and oxygen atoms in total. The van der Waals surface area contributed by atoms with E-state index in [1.807, 2.05) is 12.1 Å². The fourth-order valence-corrected chi connectivity index (χ4v) is 9.11. The summed E-state index contributed by atoms with van der Waals surface area (Å²) in [5.74, 6) is 0. The van der Waals surface area contributed by atoms with Crippen LogP contribution in [0.1, 0.15) is 0 Å². The Bertz CT molecular complexity index is 3570. The molecule has 0 N–H and O–H groups in total. The van der Waals surface area contributed by atoms with Crippen molar-refractivity contribution in [3.05, 3.63) is 212 Å². The number of fused-ring (bicyclic) bond motifs is 8. The molecular weight excluding hydrogens is 719 g/mol. The Morgan fingerprint density at radius 3 is 1.83 bits per heavy atom. The monoisotopic (exact) mass is 753 g/mol. The molecule has 0 saturated heterocycles. The van der Waals surface area contributed by atoms with Gasteiger partial charge in [0.25, 0.3) is 0 Å². The van der Waals surface area contributed by atoms with Gasteiger partial charge in [0.1, 0.15) is 22.3 Å². The SMILES string of the molecule is c1cc(-c2cccc3ccccc23)cc(N(c2ccc(-c3cccc4oc5ccccc5c34)cc2)c2ccccc2-c2cccc3c2oc2cc4ccccc4cc23)c1. The van der Waals surface area contributed by atoms with Crippen LogP contribution in [0.15, 0.2) is 221 Å². The zero-order chi connectivity index (χ0) is 38.9. The molecule has 0 fully saturated rings. The summed E-state index contributed by atoms with van der Waals surface area (Å²) in [6, 6.07) is 75.8. The number of para-hydroxylation sites is 3. The highest BCUT2D eigenvalue weighted by atomic mass is 16.3. The van der Waals surface area contributed by atoms with Crippen LogP contribution < -0.4 is 4.90 Å². The summed E-state index contributed by atoms with van der Waals surface area (Å²) in [4.78, 5) is 2.39. The lowest BCUT2D eigenvalue weighted by Crippen LogP contribution is -2.11. The summed E-state index contributed by atoms with van der Waals surface area (Å²) >= 11 is 0. The van der Waals surface area contributed by atoms with Crippen molar-refractivity contribution in [2.75, 3.05) is 4.90 Å². The van der Waals surface area contributed by atoms with Crippen LogP contribution in [0.5, 0.6) is 0 Å². The molecule has 59 heavy (non-hydrogen) atoms. The number of benzene rings is 10. The second-order valence-electron chi connectivity index (χ2n) is 15.2. The quantitative estimate of drug-likeness (QED) is 0.169. The maximum atomic E-state index is 6.81. The first-order valence-electron chi connectivity index (χ1n) is 20.1. The van der Waals surface area contributed by atoms with Crippen molar-refractivity contribution in [2.24, 2.45) is 0 Å². The summed E-state index contributed by atoms with van der Waals surface area (Å²) in [5, 5.41) is 9.30. The van der Waals surface area contributed by atoms with Crippen LogP contribution in [0.3, 0.4) is 0 Å². The van der Waals surface area contributed by atoms with E-state index < -0.39 is 0 Å². The molecule has 0 atom stereocenters. The van der Waals surface area contributed by atoms with Crippen molar-refractivity contribution in [2.45, 2.75) is 0 Å².